The molecule has 0 nitrogen and oxygen atoms in total. The highest BCUT2D eigenvalue weighted by Crippen LogP contribution is 2.41. The van der Waals surface area contributed by atoms with Crippen molar-refractivity contribution in [1.29, 1.82) is 0 Å². The largest absolute Gasteiger partial charge is 0.0879 e. The summed E-state index contributed by atoms with van der Waals surface area (Å²) in [6.07, 6.45) is 22.0. The molecule has 0 aliphatic heterocycles. The van der Waals surface area contributed by atoms with Gasteiger partial charge in [0.05, 0.1) is 0 Å². The average Bonchev–Trinajstić information content (AvgIpc) is 2.80. The molecule has 1 rings (SSSR count). The summed E-state index contributed by atoms with van der Waals surface area (Å²) in [7, 11) is 0. The van der Waals surface area contributed by atoms with Crippen molar-refractivity contribution < 1.29 is 0 Å². The fourth-order valence-electron chi connectivity index (χ4n) is 3.14. The maximum atomic E-state index is 2.56. The molecule has 0 heteroatoms. The van der Waals surface area contributed by atoms with E-state index >= 15 is 0 Å². The van der Waals surface area contributed by atoms with Crippen LogP contribution in [0.3, 0.4) is 0 Å². The van der Waals surface area contributed by atoms with E-state index in [9.17, 15) is 0 Å². The minimum Gasteiger partial charge on any atom is -0.0879 e. The molecule has 0 fully saturated rings. The average molecular weight is 236 g/mol. The Labute approximate surface area is 109 Å². The standard InChI is InChI=1S/C17H32/c1-3-5-7-9-13-17(15-11-12-16-17)14-10-8-6-4-2/h11,15H,3-10,12-14,16H2,1-2H3. The first-order valence-electron chi connectivity index (χ1n) is 8.01. The number of rotatable bonds is 10. The van der Waals surface area contributed by atoms with Crippen LogP contribution in [0.1, 0.15) is 90.9 Å². The Bertz CT molecular complexity index is 190. The maximum absolute atomic E-state index is 2.56. The molecule has 0 saturated heterocycles. The second-order valence-corrected chi connectivity index (χ2v) is 5.92. The first kappa shape index (κ1) is 14.8. The zero-order valence-electron chi connectivity index (χ0n) is 12.1. The minimum absolute atomic E-state index is 0.613. The van der Waals surface area contributed by atoms with E-state index in [-0.39, 0.29) is 0 Å². The molecular weight excluding hydrogens is 204 g/mol. The Balaban J connectivity index is 2.22. The first-order chi connectivity index (χ1) is 8.33. The molecule has 0 N–H and O–H groups in total. The zero-order chi connectivity index (χ0) is 12.4. The maximum Gasteiger partial charge on any atom is -0.0115 e. The molecule has 1 aliphatic carbocycles. The van der Waals surface area contributed by atoms with Crippen LogP contribution in [-0.2, 0) is 0 Å². The van der Waals surface area contributed by atoms with Crippen molar-refractivity contribution in [2.24, 2.45) is 5.41 Å². The van der Waals surface area contributed by atoms with Gasteiger partial charge in [0.15, 0.2) is 0 Å². The van der Waals surface area contributed by atoms with Crippen molar-refractivity contribution >= 4 is 0 Å². The van der Waals surface area contributed by atoms with Crippen LogP contribution in [0.4, 0.5) is 0 Å². The fourth-order valence-corrected chi connectivity index (χ4v) is 3.14. The molecule has 0 aromatic carbocycles. The van der Waals surface area contributed by atoms with Crippen LogP contribution in [0.15, 0.2) is 12.2 Å². The van der Waals surface area contributed by atoms with Gasteiger partial charge < -0.3 is 0 Å². The number of unbranched alkanes of at least 4 members (excludes halogenated alkanes) is 6. The molecule has 1 aliphatic rings. The van der Waals surface area contributed by atoms with E-state index < -0.39 is 0 Å². The zero-order valence-corrected chi connectivity index (χ0v) is 12.1. The van der Waals surface area contributed by atoms with E-state index in [0.29, 0.717) is 5.41 Å². The van der Waals surface area contributed by atoms with E-state index in [1.165, 1.54) is 77.0 Å². The lowest BCUT2D eigenvalue weighted by Gasteiger charge is -2.27. The highest BCUT2D eigenvalue weighted by molar-refractivity contribution is 5.06. The van der Waals surface area contributed by atoms with E-state index in [0.717, 1.165) is 0 Å². The summed E-state index contributed by atoms with van der Waals surface area (Å²) in [5.41, 5.74) is 0.613. The number of hydrogen-bond acceptors (Lipinski definition) is 0. The Kier molecular flexibility index (Phi) is 7.64. The third kappa shape index (κ3) is 5.75. The normalized spacial score (nSPS) is 17.8. The van der Waals surface area contributed by atoms with Gasteiger partial charge in [-0.05, 0) is 31.1 Å². The summed E-state index contributed by atoms with van der Waals surface area (Å²) in [6, 6.07) is 0. The Morgan fingerprint density at radius 2 is 1.41 bits per heavy atom. The van der Waals surface area contributed by atoms with Gasteiger partial charge in [0, 0.05) is 0 Å². The van der Waals surface area contributed by atoms with Gasteiger partial charge in [-0.15, -0.1) is 0 Å². The van der Waals surface area contributed by atoms with Gasteiger partial charge in [0.1, 0.15) is 0 Å². The monoisotopic (exact) mass is 236 g/mol. The Morgan fingerprint density at radius 3 is 1.82 bits per heavy atom. The smallest absolute Gasteiger partial charge is 0.0115 e. The van der Waals surface area contributed by atoms with Crippen molar-refractivity contribution in [3.63, 3.8) is 0 Å². The molecule has 0 atom stereocenters. The van der Waals surface area contributed by atoms with Crippen LogP contribution in [-0.4, -0.2) is 0 Å². The van der Waals surface area contributed by atoms with Gasteiger partial charge in [0.2, 0.25) is 0 Å². The minimum atomic E-state index is 0.613. The highest BCUT2D eigenvalue weighted by atomic mass is 14.3. The van der Waals surface area contributed by atoms with E-state index in [1.54, 1.807) is 0 Å². The summed E-state index contributed by atoms with van der Waals surface area (Å²) in [5, 5.41) is 0. The van der Waals surface area contributed by atoms with Gasteiger partial charge in [0.25, 0.3) is 0 Å². The summed E-state index contributed by atoms with van der Waals surface area (Å²) in [5.74, 6) is 0. The third-order valence-corrected chi connectivity index (χ3v) is 4.34. The number of hydrogen-bond donors (Lipinski definition) is 0. The first-order valence-corrected chi connectivity index (χ1v) is 8.01. The second kappa shape index (κ2) is 8.78. The predicted molar refractivity (Wildman–Crippen MR) is 78.3 cm³/mol. The molecule has 0 aromatic heterocycles. The summed E-state index contributed by atoms with van der Waals surface area (Å²) >= 11 is 0. The van der Waals surface area contributed by atoms with Crippen LogP contribution < -0.4 is 0 Å². The van der Waals surface area contributed by atoms with Gasteiger partial charge >= 0.3 is 0 Å². The van der Waals surface area contributed by atoms with Gasteiger partial charge in [-0.1, -0.05) is 77.4 Å². The second-order valence-electron chi connectivity index (χ2n) is 5.92. The summed E-state index contributed by atoms with van der Waals surface area (Å²) in [4.78, 5) is 0. The lowest BCUT2D eigenvalue weighted by molar-refractivity contribution is 0.292. The van der Waals surface area contributed by atoms with Crippen LogP contribution in [0.2, 0.25) is 0 Å². The lowest BCUT2D eigenvalue weighted by Crippen LogP contribution is -2.15. The molecule has 0 radical (unpaired) electrons. The molecule has 17 heavy (non-hydrogen) atoms. The van der Waals surface area contributed by atoms with Gasteiger partial charge in [-0.3, -0.25) is 0 Å². The summed E-state index contributed by atoms with van der Waals surface area (Å²) < 4.78 is 0. The Morgan fingerprint density at radius 1 is 0.824 bits per heavy atom. The topological polar surface area (TPSA) is 0 Å². The lowest BCUT2D eigenvalue weighted by atomic mass is 9.77. The molecule has 100 valence electrons. The van der Waals surface area contributed by atoms with Crippen LogP contribution in [0.5, 0.6) is 0 Å². The SMILES string of the molecule is CCCCCCC1(CCCCCC)C=CCC1. The van der Waals surface area contributed by atoms with Gasteiger partial charge in [-0.25, -0.2) is 0 Å². The van der Waals surface area contributed by atoms with Crippen LogP contribution in [0, 0.1) is 5.41 Å². The van der Waals surface area contributed by atoms with Crippen molar-refractivity contribution in [3.05, 3.63) is 12.2 Å². The Hall–Kier alpha value is -0.260. The van der Waals surface area contributed by atoms with Crippen LogP contribution >= 0.6 is 0 Å². The summed E-state index contributed by atoms with van der Waals surface area (Å²) in [6.45, 7) is 4.60. The van der Waals surface area contributed by atoms with E-state index in [1.807, 2.05) is 0 Å². The molecule has 0 bridgehead atoms. The molecule has 0 unspecified atom stereocenters. The quantitative estimate of drug-likeness (QED) is 0.310. The van der Waals surface area contributed by atoms with Crippen molar-refractivity contribution in [3.8, 4) is 0 Å². The van der Waals surface area contributed by atoms with E-state index in [4.69, 9.17) is 0 Å². The van der Waals surface area contributed by atoms with Crippen molar-refractivity contribution in [2.75, 3.05) is 0 Å². The van der Waals surface area contributed by atoms with Crippen molar-refractivity contribution in [2.45, 2.75) is 90.9 Å². The molecule has 0 spiro atoms. The molecule has 0 heterocycles. The van der Waals surface area contributed by atoms with E-state index in [2.05, 4.69) is 26.0 Å². The number of allylic oxidation sites excluding steroid dienone is 2. The molecule has 0 aromatic rings. The van der Waals surface area contributed by atoms with Gasteiger partial charge in [-0.2, -0.15) is 0 Å². The fraction of sp³-hybridized carbons (Fsp3) is 0.882. The highest BCUT2D eigenvalue weighted by Gasteiger charge is 2.28. The predicted octanol–water partition coefficient (Wildman–Crippen LogP) is 6.26. The molecule has 0 saturated carbocycles. The van der Waals surface area contributed by atoms with Crippen molar-refractivity contribution in [1.82, 2.24) is 0 Å². The molecular formula is C17H32. The molecule has 0 amide bonds. The third-order valence-electron chi connectivity index (χ3n) is 4.34. The van der Waals surface area contributed by atoms with Crippen LogP contribution in [0.25, 0.3) is 0 Å².